The highest BCUT2D eigenvalue weighted by atomic mass is 32.1. The van der Waals surface area contributed by atoms with Crippen LogP contribution in [0.1, 0.15) is 22.3 Å². The quantitative estimate of drug-likeness (QED) is 0.365. The lowest BCUT2D eigenvalue weighted by molar-refractivity contribution is 0.284. The van der Waals surface area contributed by atoms with Crippen LogP contribution in [0.25, 0.3) is 22.4 Å². The highest BCUT2D eigenvalue weighted by molar-refractivity contribution is 7.15. The summed E-state index contributed by atoms with van der Waals surface area (Å²) in [6, 6.07) is 21.8. The minimum absolute atomic E-state index is 0.140. The van der Waals surface area contributed by atoms with Crippen molar-refractivity contribution in [2.75, 3.05) is 7.11 Å². The zero-order chi connectivity index (χ0) is 23.7. The maximum atomic E-state index is 13.2. The van der Waals surface area contributed by atoms with Gasteiger partial charge in [-0.2, -0.15) is 0 Å². The summed E-state index contributed by atoms with van der Waals surface area (Å²) in [5.74, 6) is 1.81. The summed E-state index contributed by atoms with van der Waals surface area (Å²) >= 11 is 1.31. The zero-order valence-electron chi connectivity index (χ0n) is 19.1. The summed E-state index contributed by atoms with van der Waals surface area (Å²) in [4.78, 5) is 13.7. The molecule has 0 saturated carbocycles. The topological polar surface area (TPSA) is 65.7 Å². The Kier molecular flexibility index (Phi) is 5.86. The molecule has 6 nitrogen and oxygen atoms in total. The first-order valence-electron chi connectivity index (χ1n) is 10.8. The van der Waals surface area contributed by atoms with Crippen LogP contribution in [0.5, 0.6) is 11.5 Å². The Morgan fingerprint density at radius 3 is 2.32 bits per heavy atom. The van der Waals surface area contributed by atoms with Crippen LogP contribution in [0.4, 0.5) is 0 Å². The van der Waals surface area contributed by atoms with Crippen molar-refractivity contribution in [3.63, 3.8) is 0 Å². The Morgan fingerprint density at radius 1 is 0.912 bits per heavy atom. The number of benzene rings is 3. The predicted molar refractivity (Wildman–Crippen MR) is 135 cm³/mol. The average molecular weight is 470 g/mol. The first kappa shape index (κ1) is 21.9. The molecule has 0 bridgehead atoms. The van der Waals surface area contributed by atoms with Gasteiger partial charge in [-0.05, 0) is 43.2 Å². The van der Waals surface area contributed by atoms with Gasteiger partial charge in [-0.1, -0.05) is 77.1 Å². The minimum atomic E-state index is -0.140. The van der Waals surface area contributed by atoms with Gasteiger partial charge in [0, 0.05) is 5.56 Å². The molecule has 0 N–H and O–H groups in total. The molecule has 7 heteroatoms. The molecule has 5 rings (SSSR count). The van der Waals surface area contributed by atoms with Crippen molar-refractivity contribution in [1.82, 2.24) is 14.6 Å². The number of fused-ring (bicyclic) bond motifs is 1. The van der Waals surface area contributed by atoms with E-state index in [-0.39, 0.29) is 5.56 Å². The largest absolute Gasteiger partial charge is 0.493 e. The van der Waals surface area contributed by atoms with E-state index in [4.69, 9.17) is 9.47 Å². The molecule has 5 aromatic rings. The molecule has 2 aromatic heterocycles. The van der Waals surface area contributed by atoms with Gasteiger partial charge in [0.1, 0.15) is 6.61 Å². The second kappa shape index (κ2) is 9.11. The van der Waals surface area contributed by atoms with Crippen LogP contribution in [0.15, 0.2) is 71.5 Å². The molecule has 0 fully saturated rings. The third-order valence-corrected chi connectivity index (χ3v) is 6.52. The minimum Gasteiger partial charge on any atom is -0.493 e. The molecular weight excluding hydrogens is 446 g/mol. The number of methoxy groups -OCH3 is 1. The molecule has 0 aliphatic heterocycles. The second-order valence-electron chi connectivity index (χ2n) is 8.11. The van der Waals surface area contributed by atoms with E-state index in [9.17, 15) is 4.79 Å². The number of aryl methyl sites for hydroxylation is 2. The van der Waals surface area contributed by atoms with Crippen molar-refractivity contribution in [2.45, 2.75) is 20.5 Å². The van der Waals surface area contributed by atoms with Crippen molar-refractivity contribution < 1.29 is 9.47 Å². The number of aromatic nitrogens is 3. The van der Waals surface area contributed by atoms with E-state index in [2.05, 4.69) is 29.3 Å². The van der Waals surface area contributed by atoms with Crippen molar-refractivity contribution in [3.8, 4) is 22.9 Å². The third kappa shape index (κ3) is 4.30. The molecule has 2 heterocycles. The fourth-order valence-electron chi connectivity index (χ4n) is 3.64. The third-order valence-electron chi connectivity index (χ3n) is 5.56. The molecule has 0 amide bonds. The van der Waals surface area contributed by atoms with Crippen molar-refractivity contribution in [2.24, 2.45) is 0 Å². The summed E-state index contributed by atoms with van der Waals surface area (Å²) < 4.78 is 13.7. The molecule has 3 aromatic carbocycles. The van der Waals surface area contributed by atoms with Crippen LogP contribution >= 0.6 is 11.3 Å². The van der Waals surface area contributed by atoms with E-state index in [1.54, 1.807) is 11.5 Å². The number of hydrogen-bond donors (Lipinski definition) is 0. The van der Waals surface area contributed by atoms with Gasteiger partial charge >= 0.3 is 0 Å². The average Bonchev–Trinajstić information content (AvgIpc) is 3.39. The zero-order valence-corrected chi connectivity index (χ0v) is 19.9. The Labute approximate surface area is 200 Å². The molecule has 0 radical (unpaired) electrons. The maximum absolute atomic E-state index is 13.2. The molecule has 0 aliphatic carbocycles. The van der Waals surface area contributed by atoms with Gasteiger partial charge in [0.05, 0.1) is 11.6 Å². The molecule has 0 atom stereocenters. The van der Waals surface area contributed by atoms with Gasteiger partial charge in [0.15, 0.2) is 17.3 Å². The molecule has 0 unspecified atom stereocenters. The highest BCUT2D eigenvalue weighted by Gasteiger charge is 2.14. The van der Waals surface area contributed by atoms with E-state index < -0.39 is 0 Å². The van der Waals surface area contributed by atoms with Gasteiger partial charge in [-0.15, -0.1) is 10.2 Å². The molecular formula is C27H23N3O3S. The molecule has 0 spiro atoms. The Balaban J connectivity index is 1.45. The van der Waals surface area contributed by atoms with E-state index in [1.807, 2.05) is 67.6 Å². The lowest BCUT2D eigenvalue weighted by atomic mass is 10.1. The standard InChI is InChI=1S/C27H23N3O3S/c1-17-4-8-19(9-5-17)16-33-22-13-10-20(14-23(22)32-3)15-24-26(31)30-25(28-29-27(30)34-24)21-11-6-18(2)7-12-21/h4-15H,16H2,1-3H3/b24-15+. The molecule has 34 heavy (non-hydrogen) atoms. The number of thiazole rings is 1. The van der Waals surface area contributed by atoms with Crippen molar-refractivity contribution in [3.05, 3.63) is 104 Å². The van der Waals surface area contributed by atoms with Crippen LogP contribution < -0.4 is 19.6 Å². The van der Waals surface area contributed by atoms with Gasteiger partial charge in [0.25, 0.3) is 5.56 Å². The highest BCUT2D eigenvalue weighted by Crippen LogP contribution is 2.29. The van der Waals surface area contributed by atoms with Crippen LogP contribution in [-0.2, 0) is 6.61 Å². The van der Waals surface area contributed by atoms with Crippen LogP contribution in [0.3, 0.4) is 0 Å². The first-order valence-corrected chi connectivity index (χ1v) is 11.7. The number of nitrogens with zero attached hydrogens (tertiary/aromatic N) is 3. The van der Waals surface area contributed by atoms with E-state index >= 15 is 0 Å². The van der Waals surface area contributed by atoms with Crippen LogP contribution in [-0.4, -0.2) is 21.7 Å². The normalized spacial score (nSPS) is 11.8. The molecule has 170 valence electrons. The molecule has 0 saturated heterocycles. The Morgan fingerprint density at radius 2 is 1.62 bits per heavy atom. The van der Waals surface area contributed by atoms with Gasteiger partial charge in [-0.3, -0.25) is 4.79 Å². The van der Waals surface area contributed by atoms with Gasteiger partial charge in [-0.25, -0.2) is 4.40 Å². The van der Waals surface area contributed by atoms with Crippen molar-refractivity contribution >= 4 is 22.4 Å². The number of rotatable bonds is 6. The summed E-state index contributed by atoms with van der Waals surface area (Å²) in [7, 11) is 1.61. The summed E-state index contributed by atoms with van der Waals surface area (Å²) in [6.07, 6.45) is 1.84. The fourth-order valence-corrected chi connectivity index (χ4v) is 4.55. The lowest BCUT2D eigenvalue weighted by Crippen LogP contribution is -2.23. The molecule has 0 aliphatic rings. The number of hydrogen-bond acceptors (Lipinski definition) is 6. The fraction of sp³-hybridized carbons (Fsp3) is 0.148. The summed E-state index contributed by atoms with van der Waals surface area (Å²) in [6.45, 7) is 4.52. The predicted octanol–water partition coefficient (Wildman–Crippen LogP) is 4.57. The summed E-state index contributed by atoms with van der Waals surface area (Å²) in [5, 5.41) is 8.44. The first-order chi connectivity index (χ1) is 16.5. The van der Waals surface area contributed by atoms with Crippen molar-refractivity contribution in [1.29, 1.82) is 0 Å². The second-order valence-corrected chi connectivity index (χ2v) is 9.12. The Bertz CT molecular complexity index is 1570. The summed E-state index contributed by atoms with van der Waals surface area (Å²) in [5.41, 5.74) is 4.99. The monoisotopic (exact) mass is 469 g/mol. The van der Waals surface area contributed by atoms with E-state index in [0.717, 1.165) is 22.3 Å². The van der Waals surface area contributed by atoms with Gasteiger partial charge in [0.2, 0.25) is 4.96 Å². The SMILES string of the molecule is COc1cc(/C=c2/sc3nnc(-c4ccc(C)cc4)n3c2=O)ccc1OCc1ccc(C)cc1. The van der Waals surface area contributed by atoms with Crippen LogP contribution in [0, 0.1) is 13.8 Å². The smallest absolute Gasteiger partial charge is 0.276 e. The number of ether oxygens (including phenoxy) is 2. The Hall–Kier alpha value is -3.97. The van der Waals surface area contributed by atoms with E-state index in [0.29, 0.717) is 33.4 Å². The lowest BCUT2D eigenvalue weighted by Gasteiger charge is -2.11. The van der Waals surface area contributed by atoms with Gasteiger partial charge < -0.3 is 9.47 Å². The van der Waals surface area contributed by atoms with E-state index in [1.165, 1.54) is 16.9 Å². The van der Waals surface area contributed by atoms with Crippen LogP contribution in [0.2, 0.25) is 0 Å². The maximum Gasteiger partial charge on any atom is 0.276 e.